The lowest BCUT2D eigenvalue weighted by Gasteiger charge is -2.18. The van der Waals surface area contributed by atoms with Gasteiger partial charge >= 0.3 is 0 Å². The highest BCUT2D eigenvalue weighted by Gasteiger charge is 2.16. The minimum absolute atomic E-state index is 0.0892. The third-order valence-electron chi connectivity index (χ3n) is 4.90. The summed E-state index contributed by atoms with van der Waals surface area (Å²) in [5.41, 5.74) is 2.07. The molecule has 2 aromatic carbocycles. The van der Waals surface area contributed by atoms with E-state index in [0.29, 0.717) is 19.1 Å². The molecular formula is C21H26N4O3. The van der Waals surface area contributed by atoms with E-state index in [1.807, 2.05) is 24.3 Å². The molecule has 7 nitrogen and oxygen atoms in total. The molecule has 0 aromatic heterocycles. The topological polar surface area (TPSA) is 88.8 Å². The smallest absolute Gasteiger partial charge is 0.269 e. The van der Waals surface area contributed by atoms with E-state index in [1.54, 1.807) is 19.2 Å². The maximum atomic E-state index is 10.8. The van der Waals surface area contributed by atoms with Gasteiger partial charge in [0.05, 0.1) is 18.6 Å². The van der Waals surface area contributed by atoms with Crippen molar-refractivity contribution >= 4 is 11.6 Å². The number of benzene rings is 2. The predicted molar refractivity (Wildman–Crippen MR) is 109 cm³/mol. The van der Waals surface area contributed by atoms with Crippen LogP contribution in [0.5, 0.6) is 5.75 Å². The first-order valence-electron chi connectivity index (χ1n) is 9.56. The lowest BCUT2D eigenvalue weighted by Crippen LogP contribution is -2.42. The van der Waals surface area contributed by atoms with Crippen LogP contribution < -0.4 is 15.4 Å². The number of methoxy groups -OCH3 is 1. The quantitative estimate of drug-likeness (QED) is 0.329. The molecule has 0 unspecified atom stereocenters. The molecule has 148 valence electrons. The summed E-state index contributed by atoms with van der Waals surface area (Å²) in [6, 6.07) is 14.8. The van der Waals surface area contributed by atoms with Crippen LogP contribution in [0.1, 0.15) is 36.8 Å². The van der Waals surface area contributed by atoms with Gasteiger partial charge in [-0.15, -0.1) is 0 Å². The van der Waals surface area contributed by atoms with Crippen molar-refractivity contribution in [3.05, 3.63) is 69.8 Å². The Morgan fingerprint density at radius 3 is 2.57 bits per heavy atom. The SMILES string of the molecule is COc1ccccc1CNC(=NCc1ccc([N+](=O)[O-])cc1)NC1CCCC1. The van der Waals surface area contributed by atoms with Crippen LogP contribution in [0.4, 0.5) is 5.69 Å². The standard InChI is InChI=1S/C21H26N4O3/c1-28-20-9-5-2-6-17(20)15-23-21(24-18-7-3-4-8-18)22-14-16-10-12-19(13-11-16)25(26)27/h2,5-6,9-13,18H,3-4,7-8,14-15H2,1H3,(H2,22,23,24). The fourth-order valence-corrected chi connectivity index (χ4v) is 3.34. The monoisotopic (exact) mass is 382 g/mol. The van der Waals surface area contributed by atoms with Crippen LogP contribution in [-0.2, 0) is 13.1 Å². The van der Waals surface area contributed by atoms with E-state index in [2.05, 4.69) is 15.6 Å². The lowest BCUT2D eigenvalue weighted by atomic mass is 10.2. The van der Waals surface area contributed by atoms with Crippen LogP contribution in [0.25, 0.3) is 0 Å². The Hall–Kier alpha value is -3.09. The Morgan fingerprint density at radius 2 is 1.89 bits per heavy atom. The zero-order valence-electron chi connectivity index (χ0n) is 16.1. The summed E-state index contributed by atoms with van der Waals surface area (Å²) in [5.74, 6) is 1.58. The molecule has 0 amide bonds. The van der Waals surface area contributed by atoms with Gasteiger partial charge < -0.3 is 15.4 Å². The summed E-state index contributed by atoms with van der Waals surface area (Å²) in [5, 5.41) is 17.7. The number of nitro benzene ring substituents is 1. The van der Waals surface area contributed by atoms with Gasteiger partial charge in [-0.2, -0.15) is 0 Å². The summed E-state index contributed by atoms with van der Waals surface area (Å²) in [6.07, 6.45) is 4.76. The number of nitrogens with zero attached hydrogens (tertiary/aromatic N) is 2. The van der Waals surface area contributed by atoms with Gasteiger partial charge in [0.25, 0.3) is 5.69 Å². The average molecular weight is 382 g/mol. The van der Waals surface area contributed by atoms with Crippen molar-refractivity contribution < 1.29 is 9.66 Å². The molecule has 0 atom stereocenters. The molecule has 0 aliphatic heterocycles. The van der Waals surface area contributed by atoms with E-state index in [4.69, 9.17) is 4.74 Å². The number of hydrogen-bond acceptors (Lipinski definition) is 4. The van der Waals surface area contributed by atoms with E-state index in [9.17, 15) is 10.1 Å². The molecule has 2 aromatic rings. The van der Waals surface area contributed by atoms with Crippen molar-refractivity contribution in [1.82, 2.24) is 10.6 Å². The van der Waals surface area contributed by atoms with Crippen LogP contribution in [0, 0.1) is 10.1 Å². The second-order valence-electron chi connectivity index (χ2n) is 6.88. The first kappa shape index (κ1) is 19.7. The first-order chi connectivity index (χ1) is 13.7. The maximum absolute atomic E-state index is 10.8. The second-order valence-corrected chi connectivity index (χ2v) is 6.88. The van der Waals surface area contributed by atoms with Crippen molar-refractivity contribution in [2.24, 2.45) is 4.99 Å². The van der Waals surface area contributed by atoms with Gasteiger partial charge in [0.2, 0.25) is 0 Å². The molecule has 2 N–H and O–H groups in total. The van der Waals surface area contributed by atoms with E-state index >= 15 is 0 Å². The van der Waals surface area contributed by atoms with Gasteiger partial charge in [-0.25, -0.2) is 4.99 Å². The van der Waals surface area contributed by atoms with Crippen LogP contribution >= 0.6 is 0 Å². The lowest BCUT2D eigenvalue weighted by molar-refractivity contribution is -0.384. The van der Waals surface area contributed by atoms with Crippen LogP contribution in [0.2, 0.25) is 0 Å². The number of non-ortho nitro benzene ring substituents is 1. The maximum Gasteiger partial charge on any atom is 0.269 e. The zero-order chi connectivity index (χ0) is 19.8. The second kappa shape index (κ2) is 9.73. The Labute approximate surface area is 165 Å². The summed E-state index contributed by atoms with van der Waals surface area (Å²) in [6.45, 7) is 1.05. The van der Waals surface area contributed by atoms with Crippen molar-refractivity contribution in [2.45, 2.75) is 44.8 Å². The fraction of sp³-hybridized carbons (Fsp3) is 0.381. The highest BCUT2D eigenvalue weighted by Crippen LogP contribution is 2.19. The Balaban J connectivity index is 1.68. The average Bonchev–Trinajstić information content (AvgIpc) is 3.23. The molecule has 1 aliphatic carbocycles. The zero-order valence-corrected chi connectivity index (χ0v) is 16.1. The molecule has 0 saturated heterocycles. The number of rotatable bonds is 7. The minimum atomic E-state index is -0.394. The molecule has 0 heterocycles. The number of nitro groups is 1. The highest BCUT2D eigenvalue weighted by molar-refractivity contribution is 5.80. The third-order valence-corrected chi connectivity index (χ3v) is 4.90. The summed E-state index contributed by atoms with van der Waals surface area (Å²) in [7, 11) is 1.67. The molecule has 0 bridgehead atoms. The molecule has 1 fully saturated rings. The summed E-state index contributed by atoms with van der Waals surface area (Å²) >= 11 is 0. The van der Waals surface area contributed by atoms with Crippen molar-refractivity contribution in [2.75, 3.05) is 7.11 Å². The fourth-order valence-electron chi connectivity index (χ4n) is 3.34. The van der Waals surface area contributed by atoms with Crippen molar-refractivity contribution in [3.63, 3.8) is 0 Å². The molecule has 0 radical (unpaired) electrons. The number of hydrogen-bond donors (Lipinski definition) is 2. The molecule has 28 heavy (non-hydrogen) atoms. The predicted octanol–water partition coefficient (Wildman–Crippen LogP) is 3.78. The summed E-state index contributed by atoms with van der Waals surface area (Å²) in [4.78, 5) is 15.1. The van der Waals surface area contributed by atoms with Gasteiger partial charge in [-0.1, -0.05) is 43.2 Å². The molecule has 1 aliphatic rings. The molecule has 3 rings (SSSR count). The normalized spacial score (nSPS) is 14.7. The molecule has 1 saturated carbocycles. The van der Waals surface area contributed by atoms with Crippen molar-refractivity contribution in [1.29, 1.82) is 0 Å². The Morgan fingerprint density at radius 1 is 1.18 bits per heavy atom. The van der Waals surface area contributed by atoms with E-state index in [0.717, 1.165) is 35.7 Å². The number of guanidine groups is 1. The van der Waals surface area contributed by atoms with Gasteiger partial charge in [0, 0.05) is 30.3 Å². The summed E-state index contributed by atoms with van der Waals surface area (Å²) < 4.78 is 5.42. The van der Waals surface area contributed by atoms with Crippen LogP contribution in [-0.4, -0.2) is 24.0 Å². The number of nitrogens with one attached hydrogen (secondary N) is 2. The van der Waals surface area contributed by atoms with E-state index in [1.165, 1.54) is 25.0 Å². The minimum Gasteiger partial charge on any atom is -0.496 e. The van der Waals surface area contributed by atoms with E-state index < -0.39 is 4.92 Å². The Kier molecular flexibility index (Phi) is 6.84. The van der Waals surface area contributed by atoms with Crippen LogP contribution in [0.15, 0.2) is 53.5 Å². The van der Waals surface area contributed by atoms with E-state index in [-0.39, 0.29) is 5.69 Å². The molecular weight excluding hydrogens is 356 g/mol. The van der Waals surface area contributed by atoms with Gasteiger partial charge in [-0.3, -0.25) is 10.1 Å². The molecule has 7 heteroatoms. The largest absolute Gasteiger partial charge is 0.496 e. The third kappa shape index (κ3) is 5.45. The number of aliphatic imine (C=N–C) groups is 1. The molecule has 0 spiro atoms. The first-order valence-corrected chi connectivity index (χ1v) is 9.56. The van der Waals surface area contributed by atoms with Crippen molar-refractivity contribution in [3.8, 4) is 5.75 Å². The number of para-hydroxylation sites is 1. The van der Waals surface area contributed by atoms with Crippen LogP contribution in [0.3, 0.4) is 0 Å². The van der Waals surface area contributed by atoms with Gasteiger partial charge in [0.1, 0.15) is 5.75 Å². The highest BCUT2D eigenvalue weighted by atomic mass is 16.6. The number of ether oxygens (including phenoxy) is 1. The van der Waals surface area contributed by atoms with Gasteiger partial charge in [-0.05, 0) is 24.5 Å². The van der Waals surface area contributed by atoms with Gasteiger partial charge in [0.15, 0.2) is 5.96 Å². The Bertz CT molecular complexity index is 815.